The standard InChI is InChI=1S/C24H24N2O6S/c1-23(2)18(21(29)30)26-19(28)17(20(26)33-23)25-22(31)24(14-27,16-11-7-4-8-12-16)32-13-15-9-5-3-6-10-15/h3-12,14,17-18,20H,13H2,1-2H3,(H,25,31)(H,29,30). The van der Waals surface area contributed by atoms with E-state index in [1.165, 1.54) is 16.7 Å². The molecule has 0 saturated carbocycles. The van der Waals surface area contributed by atoms with E-state index in [0.717, 1.165) is 5.56 Å². The van der Waals surface area contributed by atoms with E-state index in [9.17, 15) is 24.3 Å². The summed E-state index contributed by atoms with van der Waals surface area (Å²) in [6.45, 7) is 3.51. The van der Waals surface area contributed by atoms with Crippen molar-refractivity contribution in [3.8, 4) is 0 Å². The van der Waals surface area contributed by atoms with Crippen molar-refractivity contribution in [2.45, 2.75) is 48.3 Å². The van der Waals surface area contributed by atoms with Gasteiger partial charge in [-0.25, -0.2) is 4.79 Å². The third kappa shape index (κ3) is 3.91. The van der Waals surface area contributed by atoms with E-state index >= 15 is 0 Å². The van der Waals surface area contributed by atoms with Gasteiger partial charge < -0.3 is 20.1 Å². The van der Waals surface area contributed by atoms with Crippen molar-refractivity contribution in [2.24, 2.45) is 0 Å². The van der Waals surface area contributed by atoms with Crippen molar-refractivity contribution < 1.29 is 29.0 Å². The molecule has 2 N–H and O–H groups in total. The van der Waals surface area contributed by atoms with Crippen LogP contribution in [-0.4, -0.2) is 56.3 Å². The van der Waals surface area contributed by atoms with Crippen LogP contribution >= 0.6 is 11.8 Å². The Morgan fingerprint density at radius 2 is 1.76 bits per heavy atom. The van der Waals surface area contributed by atoms with Crippen LogP contribution in [0.3, 0.4) is 0 Å². The smallest absolute Gasteiger partial charge is 0.327 e. The van der Waals surface area contributed by atoms with Crippen LogP contribution in [-0.2, 0) is 36.1 Å². The molecule has 0 radical (unpaired) electrons. The first-order chi connectivity index (χ1) is 15.7. The Hall–Kier alpha value is -3.17. The van der Waals surface area contributed by atoms with Crippen molar-refractivity contribution in [2.75, 3.05) is 0 Å². The molecule has 2 saturated heterocycles. The minimum absolute atomic E-state index is 0.00106. The van der Waals surface area contributed by atoms with Crippen LogP contribution in [0.2, 0.25) is 0 Å². The summed E-state index contributed by atoms with van der Waals surface area (Å²) in [4.78, 5) is 51.7. The maximum atomic E-state index is 13.5. The van der Waals surface area contributed by atoms with Crippen LogP contribution in [0.25, 0.3) is 0 Å². The van der Waals surface area contributed by atoms with Gasteiger partial charge in [-0.1, -0.05) is 60.7 Å². The lowest BCUT2D eigenvalue weighted by Crippen LogP contribution is -2.72. The average Bonchev–Trinajstić information content (AvgIpc) is 3.07. The molecule has 2 aromatic carbocycles. The van der Waals surface area contributed by atoms with Crippen molar-refractivity contribution in [1.82, 2.24) is 10.2 Å². The van der Waals surface area contributed by atoms with E-state index in [4.69, 9.17) is 4.74 Å². The summed E-state index contributed by atoms with van der Waals surface area (Å²) >= 11 is 1.31. The fourth-order valence-corrected chi connectivity index (χ4v) is 5.91. The van der Waals surface area contributed by atoms with Crippen LogP contribution in [0, 0.1) is 0 Å². The molecule has 172 valence electrons. The number of nitrogens with zero attached hydrogens (tertiary/aromatic N) is 1. The van der Waals surface area contributed by atoms with E-state index in [1.54, 1.807) is 44.2 Å². The molecule has 2 aliphatic rings. The molecule has 33 heavy (non-hydrogen) atoms. The van der Waals surface area contributed by atoms with Gasteiger partial charge in [0.25, 0.3) is 5.91 Å². The van der Waals surface area contributed by atoms with E-state index in [-0.39, 0.29) is 6.61 Å². The Balaban J connectivity index is 1.59. The third-order valence-corrected chi connectivity index (χ3v) is 7.55. The normalized spacial score (nSPS) is 24.8. The number of β-lactam (4-membered cyclic amide) rings is 1. The summed E-state index contributed by atoms with van der Waals surface area (Å²) in [6.07, 6.45) is 0.438. The van der Waals surface area contributed by atoms with Gasteiger partial charge in [0.05, 0.1) is 6.61 Å². The second-order valence-electron chi connectivity index (χ2n) is 8.54. The van der Waals surface area contributed by atoms with Gasteiger partial charge in [0.2, 0.25) is 11.5 Å². The number of ether oxygens (including phenoxy) is 1. The zero-order chi connectivity index (χ0) is 23.8. The number of rotatable bonds is 8. The minimum Gasteiger partial charge on any atom is -0.480 e. The number of carboxylic acids is 1. The molecule has 4 rings (SSSR count). The Morgan fingerprint density at radius 1 is 1.15 bits per heavy atom. The molecule has 4 atom stereocenters. The molecule has 2 heterocycles. The molecule has 2 amide bonds. The van der Waals surface area contributed by atoms with Gasteiger partial charge in [-0.2, -0.15) is 0 Å². The molecular formula is C24H24N2O6S. The number of nitrogens with one attached hydrogen (secondary N) is 1. The molecule has 9 heteroatoms. The lowest BCUT2D eigenvalue weighted by atomic mass is 9.92. The van der Waals surface area contributed by atoms with E-state index in [1.807, 2.05) is 30.3 Å². The highest BCUT2D eigenvalue weighted by atomic mass is 32.2. The number of carbonyl (C=O) groups excluding carboxylic acids is 3. The zero-order valence-electron chi connectivity index (χ0n) is 18.1. The van der Waals surface area contributed by atoms with Crippen LogP contribution in [0.1, 0.15) is 25.0 Å². The van der Waals surface area contributed by atoms with Gasteiger partial charge in [0.15, 0.2) is 6.29 Å². The summed E-state index contributed by atoms with van der Waals surface area (Å²) in [5.74, 6) is -2.35. The predicted molar refractivity (Wildman–Crippen MR) is 121 cm³/mol. The van der Waals surface area contributed by atoms with Gasteiger partial charge in [0.1, 0.15) is 17.5 Å². The van der Waals surface area contributed by atoms with Crippen molar-refractivity contribution >= 4 is 35.8 Å². The number of carboxylic acid groups (broad SMARTS) is 1. The first-order valence-corrected chi connectivity index (χ1v) is 11.3. The summed E-state index contributed by atoms with van der Waals surface area (Å²) < 4.78 is 5.20. The number of amides is 2. The molecule has 0 aromatic heterocycles. The van der Waals surface area contributed by atoms with Crippen molar-refractivity contribution in [3.63, 3.8) is 0 Å². The average molecular weight is 469 g/mol. The summed E-state index contributed by atoms with van der Waals surface area (Å²) in [5.41, 5.74) is -0.862. The highest BCUT2D eigenvalue weighted by Gasteiger charge is 2.64. The number of aliphatic carboxylic acids is 1. The maximum absolute atomic E-state index is 13.5. The van der Waals surface area contributed by atoms with E-state index < -0.39 is 45.6 Å². The molecule has 2 fully saturated rings. The lowest BCUT2D eigenvalue weighted by molar-refractivity contribution is -0.165. The number of benzene rings is 2. The molecule has 0 spiro atoms. The largest absolute Gasteiger partial charge is 0.480 e. The third-order valence-electron chi connectivity index (χ3n) is 5.98. The molecule has 0 aliphatic carbocycles. The molecule has 0 bridgehead atoms. The summed E-state index contributed by atoms with van der Waals surface area (Å²) in [7, 11) is 0. The Kier molecular flexibility index (Phi) is 6.02. The first kappa shape index (κ1) is 23.0. The summed E-state index contributed by atoms with van der Waals surface area (Å²) in [5, 5.41) is 11.7. The van der Waals surface area contributed by atoms with Crippen molar-refractivity contribution in [1.29, 1.82) is 0 Å². The fraction of sp³-hybridized carbons (Fsp3) is 0.333. The van der Waals surface area contributed by atoms with Crippen molar-refractivity contribution in [3.05, 3.63) is 71.8 Å². The second-order valence-corrected chi connectivity index (χ2v) is 10.3. The second kappa shape index (κ2) is 8.64. The minimum atomic E-state index is -1.97. The predicted octanol–water partition coefficient (Wildman–Crippen LogP) is 1.93. The van der Waals surface area contributed by atoms with Crippen LogP contribution in [0.15, 0.2) is 60.7 Å². The Morgan fingerprint density at radius 3 is 2.33 bits per heavy atom. The van der Waals surface area contributed by atoms with E-state index in [0.29, 0.717) is 11.8 Å². The maximum Gasteiger partial charge on any atom is 0.327 e. The quantitative estimate of drug-likeness (QED) is 0.346. The van der Waals surface area contributed by atoms with Gasteiger partial charge in [0, 0.05) is 10.3 Å². The Bertz CT molecular complexity index is 1080. The number of aldehydes is 1. The van der Waals surface area contributed by atoms with Crippen LogP contribution in [0.4, 0.5) is 0 Å². The molecular weight excluding hydrogens is 444 g/mol. The highest BCUT2D eigenvalue weighted by molar-refractivity contribution is 8.01. The fourth-order valence-electron chi connectivity index (χ4n) is 4.29. The molecule has 8 nitrogen and oxygen atoms in total. The monoisotopic (exact) mass is 468 g/mol. The lowest BCUT2D eigenvalue weighted by Gasteiger charge is -2.44. The number of fused-ring (bicyclic) bond motifs is 1. The van der Waals surface area contributed by atoms with Gasteiger partial charge in [-0.15, -0.1) is 11.8 Å². The molecule has 2 aromatic rings. The number of thioether (sulfide) groups is 1. The molecule has 2 aliphatic heterocycles. The first-order valence-electron chi connectivity index (χ1n) is 10.4. The summed E-state index contributed by atoms with van der Waals surface area (Å²) in [6, 6.07) is 15.5. The van der Waals surface area contributed by atoms with Crippen LogP contribution < -0.4 is 5.32 Å². The Labute approximate surface area is 195 Å². The van der Waals surface area contributed by atoms with Gasteiger partial charge >= 0.3 is 5.97 Å². The SMILES string of the molecule is CC1(C)SC2C(NC(=O)C(C=O)(OCc3ccccc3)c3ccccc3)C(=O)N2C1C(=O)O. The van der Waals surface area contributed by atoms with E-state index in [2.05, 4.69) is 5.32 Å². The molecule has 4 unspecified atom stereocenters. The van der Waals surface area contributed by atoms with Crippen LogP contribution in [0.5, 0.6) is 0 Å². The van der Waals surface area contributed by atoms with Gasteiger partial charge in [-0.05, 0) is 19.4 Å². The zero-order valence-corrected chi connectivity index (χ0v) is 19.0. The number of hydrogen-bond acceptors (Lipinski definition) is 6. The topological polar surface area (TPSA) is 113 Å². The highest BCUT2D eigenvalue weighted by Crippen LogP contribution is 2.50. The number of carbonyl (C=O) groups is 4. The van der Waals surface area contributed by atoms with Gasteiger partial charge in [-0.3, -0.25) is 14.4 Å². The number of hydrogen-bond donors (Lipinski definition) is 2.